The third-order valence-electron chi connectivity index (χ3n) is 8.04. The topological polar surface area (TPSA) is 73.3 Å². The fourth-order valence-electron chi connectivity index (χ4n) is 5.79. The minimum atomic E-state index is -0.798. The summed E-state index contributed by atoms with van der Waals surface area (Å²) in [4.78, 5) is 24.0. The summed E-state index contributed by atoms with van der Waals surface area (Å²) in [7, 11) is 0. The number of anilines is 1. The van der Waals surface area contributed by atoms with E-state index < -0.39 is 5.41 Å². The second kappa shape index (κ2) is 5.88. The highest BCUT2D eigenvalue weighted by molar-refractivity contribution is 6.33. The Morgan fingerprint density at radius 3 is 2.32 bits per heavy atom. The van der Waals surface area contributed by atoms with Crippen LogP contribution < -0.4 is 14.8 Å². The predicted octanol–water partition coefficient (Wildman–Crippen LogP) is 4.98. The number of hydrogen-bond acceptors (Lipinski definition) is 5. The van der Waals surface area contributed by atoms with Crippen molar-refractivity contribution in [2.45, 2.75) is 44.4 Å². The van der Waals surface area contributed by atoms with Crippen LogP contribution in [0.2, 0.25) is 5.02 Å². The van der Waals surface area contributed by atoms with Crippen LogP contribution in [0.25, 0.3) is 11.0 Å². The van der Waals surface area contributed by atoms with E-state index in [1.807, 2.05) is 30.3 Å². The van der Waals surface area contributed by atoms with E-state index in [0.29, 0.717) is 34.1 Å². The summed E-state index contributed by atoms with van der Waals surface area (Å²) in [5.41, 5.74) is 2.31. The van der Waals surface area contributed by atoms with Gasteiger partial charge in [-0.15, -0.1) is 0 Å². The van der Waals surface area contributed by atoms with Crippen molar-refractivity contribution in [3.8, 4) is 11.5 Å². The maximum Gasteiger partial charge on any atom is 0.237 e. The number of ether oxygens (including phenoxy) is 2. The Hall–Kier alpha value is -2.86. The molecule has 1 N–H and O–H groups in total. The summed E-state index contributed by atoms with van der Waals surface area (Å²) in [5.74, 6) is 1.26. The van der Waals surface area contributed by atoms with Gasteiger partial charge in [0.25, 0.3) is 0 Å². The largest absolute Gasteiger partial charge is 0.454 e. The van der Waals surface area contributed by atoms with Gasteiger partial charge in [0.2, 0.25) is 12.7 Å². The zero-order valence-corrected chi connectivity index (χ0v) is 18.3. The number of amides is 1. The van der Waals surface area contributed by atoms with Crippen LogP contribution in [-0.2, 0) is 15.6 Å². The third kappa shape index (κ3) is 2.16. The SMILES string of the molecule is CC12CCC(C(=O)Nc3ccccc3Cl)(c3nc4cc5c(cc4nc31)OCO5)C2(C)C. The maximum atomic E-state index is 13.9. The van der Waals surface area contributed by atoms with E-state index in [4.69, 9.17) is 31.0 Å². The van der Waals surface area contributed by atoms with Crippen LogP contribution in [0.15, 0.2) is 36.4 Å². The quantitative estimate of drug-likeness (QED) is 0.614. The Bertz CT molecular complexity index is 1290. The summed E-state index contributed by atoms with van der Waals surface area (Å²) in [6, 6.07) is 11.0. The standard InChI is InChI=1S/C24H22ClN3O3/c1-22(2)23(3)8-9-24(22,21(29)28-14-7-5-4-6-13(14)25)20-19(23)26-15-10-17-18(31-12-30-17)11-16(15)27-20/h4-7,10-11H,8-9,12H2,1-3H3,(H,28,29). The molecule has 3 aliphatic rings. The molecule has 2 aliphatic carbocycles. The molecule has 2 bridgehead atoms. The van der Waals surface area contributed by atoms with E-state index in [0.717, 1.165) is 23.3 Å². The van der Waals surface area contributed by atoms with Crippen LogP contribution in [0, 0.1) is 5.41 Å². The molecule has 0 radical (unpaired) electrons. The van der Waals surface area contributed by atoms with Gasteiger partial charge < -0.3 is 14.8 Å². The lowest BCUT2D eigenvalue weighted by atomic mass is 9.63. The molecule has 1 saturated carbocycles. The Balaban J connectivity index is 1.55. The van der Waals surface area contributed by atoms with Gasteiger partial charge in [-0.3, -0.25) is 4.79 Å². The molecule has 2 heterocycles. The van der Waals surface area contributed by atoms with Crippen molar-refractivity contribution in [1.29, 1.82) is 0 Å². The van der Waals surface area contributed by atoms with Gasteiger partial charge in [0.1, 0.15) is 0 Å². The summed E-state index contributed by atoms with van der Waals surface area (Å²) in [6.07, 6.45) is 1.58. The first kappa shape index (κ1) is 18.9. The minimum absolute atomic E-state index is 0.0810. The highest BCUT2D eigenvalue weighted by atomic mass is 35.5. The van der Waals surface area contributed by atoms with Gasteiger partial charge in [-0.05, 0) is 30.4 Å². The van der Waals surface area contributed by atoms with Gasteiger partial charge in [-0.2, -0.15) is 0 Å². The Kier molecular flexibility index (Phi) is 3.58. The maximum absolute atomic E-state index is 13.9. The molecule has 6 nitrogen and oxygen atoms in total. The number of halogens is 1. The number of para-hydroxylation sites is 1. The van der Waals surface area contributed by atoms with Gasteiger partial charge in [0.15, 0.2) is 11.5 Å². The first-order valence-corrected chi connectivity index (χ1v) is 10.8. The molecule has 6 rings (SSSR count). The number of nitrogens with one attached hydrogen (secondary N) is 1. The number of fused-ring (bicyclic) bond motifs is 7. The van der Waals surface area contributed by atoms with Gasteiger partial charge in [0.05, 0.1) is 38.5 Å². The average Bonchev–Trinajstić information content (AvgIpc) is 3.31. The first-order valence-electron chi connectivity index (χ1n) is 10.5. The molecule has 158 valence electrons. The third-order valence-corrected chi connectivity index (χ3v) is 8.37. The molecule has 31 heavy (non-hydrogen) atoms. The van der Waals surface area contributed by atoms with E-state index >= 15 is 0 Å². The van der Waals surface area contributed by atoms with Crippen molar-refractivity contribution >= 4 is 34.2 Å². The zero-order valence-electron chi connectivity index (χ0n) is 17.6. The average molecular weight is 436 g/mol. The van der Waals surface area contributed by atoms with E-state index in [2.05, 4.69) is 26.1 Å². The number of carbonyl (C=O) groups is 1. The summed E-state index contributed by atoms with van der Waals surface area (Å²) >= 11 is 6.34. The molecule has 0 saturated heterocycles. The second-order valence-electron chi connectivity index (χ2n) is 9.41. The molecule has 1 aromatic heterocycles. The van der Waals surface area contributed by atoms with Crippen LogP contribution >= 0.6 is 11.6 Å². The van der Waals surface area contributed by atoms with Gasteiger partial charge in [-0.25, -0.2) is 9.97 Å². The van der Waals surface area contributed by atoms with Crippen molar-refractivity contribution in [2.24, 2.45) is 5.41 Å². The van der Waals surface area contributed by atoms with Crippen molar-refractivity contribution in [2.75, 3.05) is 12.1 Å². The molecule has 0 spiro atoms. The van der Waals surface area contributed by atoms with Crippen LogP contribution in [0.3, 0.4) is 0 Å². The summed E-state index contributed by atoms with van der Waals surface area (Å²) in [6.45, 7) is 6.72. The number of rotatable bonds is 2. The molecule has 1 amide bonds. The number of nitrogens with zero attached hydrogens (tertiary/aromatic N) is 2. The molecule has 1 fully saturated rings. The first-order chi connectivity index (χ1) is 14.8. The fraction of sp³-hybridized carbons (Fsp3) is 0.375. The highest BCUT2D eigenvalue weighted by Gasteiger charge is 2.73. The van der Waals surface area contributed by atoms with Crippen LogP contribution in [-0.4, -0.2) is 22.7 Å². The molecule has 2 unspecified atom stereocenters. The predicted molar refractivity (Wildman–Crippen MR) is 118 cm³/mol. The molecular weight excluding hydrogens is 414 g/mol. The molecule has 7 heteroatoms. The second-order valence-corrected chi connectivity index (χ2v) is 9.82. The number of carbonyl (C=O) groups excluding carboxylic acids is 1. The van der Waals surface area contributed by atoms with Crippen molar-refractivity contribution < 1.29 is 14.3 Å². The van der Waals surface area contributed by atoms with Crippen LogP contribution in [0.4, 0.5) is 5.69 Å². The summed E-state index contributed by atoms with van der Waals surface area (Å²) in [5, 5.41) is 3.61. The van der Waals surface area contributed by atoms with Crippen molar-refractivity contribution in [3.63, 3.8) is 0 Å². The minimum Gasteiger partial charge on any atom is -0.454 e. The van der Waals surface area contributed by atoms with E-state index in [1.54, 1.807) is 6.07 Å². The molecule has 1 aliphatic heterocycles. The Labute approximate surface area is 184 Å². The molecule has 3 aromatic rings. The van der Waals surface area contributed by atoms with Gasteiger partial charge in [0, 0.05) is 17.5 Å². The van der Waals surface area contributed by atoms with Gasteiger partial charge >= 0.3 is 0 Å². The van der Waals surface area contributed by atoms with Crippen molar-refractivity contribution in [3.05, 3.63) is 52.8 Å². The number of aromatic nitrogens is 2. The van der Waals surface area contributed by atoms with Gasteiger partial charge in [-0.1, -0.05) is 44.5 Å². The fourth-order valence-corrected chi connectivity index (χ4v) is 5.97. The van der Waals surface area contributed by atoms with Crippen LogP contribution in [0.5, 0.6) is 11.5 Å². The zero-order chi connectivity index (χ0) is 21.6. The normalized spacial score (nSPS) is 26.8. The lowest BCUT2D eigenvalue weighted by Gasteiger charge is -2.39. The number of hydrogen-bond donors (Lipinski definition) is 1. The van der Waals surface area contributed by atoms with Crippen molar-refractivity contribution in [1.82, 2.24) is 9.97 Å². The highest BCUT2D eigenvalue weighted by Crippen LogP contribution is 2.70. The Morgan fingerprint density at radius 1 is 1.00 bits per heavy atom. The number of benzene rings is 2. The molecular formula is C24H22ClN3O3. The van der Waals surface area contributed by atoms with E-state index in [1.165, 1.54) is 0 Å². The Morgan fingerprint density at radius 2 is 1.65 bits per heavy atom. The molecule has 2 atom stereocenters. The monoisotopic (exact) mass is 435 g/mol. The lowest BCUT2D eigenvalue weighted by Crippen LogP contribution is -2.48. The smallest absolute Gasteiger partial charge is 0.237 e. The molecule has 2 aromatic carbocycles. The van der Waals surface area contributed by atoms with E-state index in [-0.39, 0.29) is 23.5 Å². The van der Waals surface area contributed by atoms with E-state index in [9.17, 15) is 4.79 Å². The summed E-state index contributed by atoms with van der Waals surface area (Å²) < 4.78 is 11.1. The lowest BCUT2D eigenvalue weighted by molar-refractivity contribution is -0.125. The van der Waals surface area contributed by atoms with Crippen LogP contribution in [0.1, 0.15) is 45.0 Å².